The van der Waals surface area contributed by atoms with Crippen molar-refractivity contribution in [2.75, 3.05) is 0 Å². The van der Waals surface area contributed by atoms with Crippen molar-refractivity contribution >= 4 is 14.8 Å². The van der Waals surface area contributed by atoms with Crippen LogP contribution in [0, 0.1) is 0 Å². The van der Waals surface area contributed by atoms with Crippen LogP contribution in [-0.4, -0.2) is 0 Å². The average Bonchev–Trinajstić information content (AvgIpc) is 2.44. The molecule has 1 aromatic heterocycles. The Morgan fingerprint density at radius 2 is 1.56 bits per heavy atom. The number of hydrogen-bond donors (Lipinski definition) is 0. The fourth-order valence-electron chi connectivity index (χ4n) is 1.87. The Morgan fingerprint density at radius 1 is 0.889 bits per heavy atom. The van der Waals surface area contributed by atoms with Gasteiger partial charge in [0, 0.05) is 0 Å². The molecule has 0 atom stereocenters. The molecule has 0 aliphatic heterocycles. The Labute approximate surface area is 116 Å². The number of hydrogen-bond acceptors (Lipinski definition) is 2. The molecule has 0 unspecified atom stereocenters. The predicted molar refractivity (Wildman–Crippen MR) is 67.6 cm³/mol. The molecule has 0 aliphatic rings. The molecule has 2 nitrogen and oxygen atoms in total. The van der Waals surface area contributed by atoms with Crippen LogP contribution in [0.25, 0.3) is 22.3 Å². The second-order valence-electron chi connectivity index (χ2n) is 3.90. The van der Waals surface area contributed by atoms with Gasteiger partial charge in [0.05, 0.1) is 0 Å². The first-order valence-corrected chi connectivity index (χ1v) is 6.58. The van der Waals surface area contributed by atoms with E-state index in [0.29, 0.717) is 20.5 Å². The van der Waals surface area contributed by atoms with E-state index in [9.17, 15) is 4.79 Å². The van der Waals surface area contributed by atoms with Crippen molar-refractivity contribution in [3.8, 4) is 11.3 Å². The average molecular weight is 418 g/mol. The molecule has 0 bridgehead atoms. The first kappa shape index (κ1) is 11.5. The summed E-state index contributed by atoms with van der Waals surface area (Å²) in [4.78, 5) is 12.2. The molecule has 0 saturated heterocycles. The molecule has 0 saturated carbocycles. The molecular weight excluding hydrogens is 409 g/mol. The van der Waals surface area contributed by atoms with Crippen LogP contribution in [0.15, 0.2) is 63.8 Å². The van der Waals surface area contributed by atoms with Crippen LogP contribution in [0.3, 0.4) is 0 Å². The molecule has 0 N–H and O–H groups in total. The number of fused-ring (bicyclic) bond motifs is 1. The molecule has 3 aromatic rings. The van der Waals surface area contributed by atoms with Crippen molar-refractivity contribution in [3.05, 3.63) is 64.8 Å². The van der Waals surface area contributed by atoms with Crippen LogP contribution in [0.1, 0.15) is 0 Å². The van der Waals surface area contributed by atoms with Crippen molar-refractivity contribution in [2.45, 2.75) is 0 Å². The standard InChI is InChI=1S/C15H9O2.Au/c16-13-10-15(11-6-2-1-3-7-11)17-14-9-5-4-8-12(13)14;/h1-9H;. The fourth-order valence-corrected chi connectivity index (χ4v) is 2.58. The fraction of sp³-hybridized carbons (Fsp3) is 0. The summed E-state index contributed by atoms with van der Waals surface area (Å²) in [5, 5.41) is 0.620. The van der Waals surface area contributed by atoms with Crippen molar-refractivity contribution in [3.63, 3.8) is 0 Å². The van der Waals surface area contributed by atoms with E-state index in [4.69, 9.17) is 4.42 Å². The molecule has 1 heterocycles. The number of benzene rings is 2. The van der Waals surface area contributed by atoms with Gasteiger partial charge in [-0.3, -0.25) is 0 Å². The molecule has 2 aromatic carbocycles. The van der Waals surface area contributed by atoms with E-state index in [1.165, 1.54) is 0 Å². The molecule has 0 fully saturated rings. The summed E-state index contributed by atoms with van der Waals surface area (Å²) in [5.74, 6) is 0.627. The minimum atomic E-state index is 0.0130. The van der Waals surface area contributed by atoms with Gasteiger partial charge in [0.25, 0.3) is 0 Å². The van der Waals surface area contributed by atoms with Crippen LogP contribution in [0.2, 0.25) is 0 Å². The Morgan fingerprint density at radius 3 is 2.33 bits per heavy atom. The van der Waals surface area contributed by atoms with Crippen LogP contribution >= 0.6 is 0 Å². The molecule has 92 valence electrons. The Kier molecular flexibility index (Phi) is 2.92. The number of para-hydroxylation sites is 1. The molecule has 18 heavy (non-hydrogen) atoms. The Balaban J connectivity index is 2.38. The topological polar surface area (TPSA) is 30.2 Å². The molecule has 0 spiro atoms. The van der Waals surface area contributed by atoms with Gasteiger partial charge >= 0.3 is 116 Å². The second-order valence-corrected chi connectivity index (χ2v) is 4.98. The van der Waals surface area contributed by atoms with Gasteiger partial charge in [-0.15, -0.1) is 0 Å². The third-order valence-electron chi connectivity index (χ3n) is 2.74. The van der Waals surface area contributed by atoms with Gasteiger partial charge in [-0.25, -0.2) is 0 Å². The molecule has 3 heteroatoms. The van der Waals surface area contributed by atoms with Crippen LogP contribution in [-0.2, 0) is 21.1 Å². The van der Waals surface area contributed by atoms with Gasteiger partial charge in [0.2, 0.25) is 0 Å². The van der Waals surface area contributed by atoms with E-state index in [2.05, 4.69) is 21.1 Å². The minimum absolute atomic E-state index is 0.0130. The molecule has 3 rings (SSSR count). The third kappa shape index (κ3) is 1.85. The van der Waals surface area contributed by atoms with Crippen LogP contribution in [0.4, 0.5) is 0 Å². The zero-order chi connectivity index (χ0) is 12.5. The van der Waals surface area contributed by atoms with Crippen molar-refractivity contribution in [2.24, 2.45) is 0 Å². The van der Waals surface area contributed by atoms with Crippen molar-refractivity contribution in [1.82, 2.24) is 0 Å². The SMILES string of the molecule is O=c1[c]([Au])c(-c2ccccc2)oc2ccccc12. The van der Waals surface area contributed by atoms with Gasteiger partial charge < -0.3 is 0 Å². The molecular formula is C15H9AuO2. The van der Waals surface area contributed by atoms with Crippen LogP contribution in [0.5, 0.6) is 0 Å². The van der Waals surface area contributed by atoms with E-state index in [0.717, 1.165) is 5.56 Å². The van der Waals surface area contributed by atoms with Gasteiger partial charge in [0.15, 0.2) is 0 Å². The normalized spacial score (nSPS) is 10.8. The maximum absolute atomic E-state index is 12.2. The quantitative estimate of drug-likeness (QED) is 0.569. The summed E-state index contributed by atoms with van der Waals surface area (Å²) < 4.78 is 6.44. The Hall–Kier alpha value is -1.61. The van der Waals surface area contributed by atoms with E-state index in [1.54, 1.807) is 6.07 Å². The van der Waals surface area contributed by atoms with Crippen molar-refractivity contribution in [1.29, 1.82) is 0 Å². The van der Waals surface area contributed by atoms with Gasteiger partial charge in [0.1, 0.15) is 0 Å². The van der Waals surface area contributed by atoms with E-state index < -0.39 is 0 Å². The Bertz CT molecular complexity index is 760. The number of rotatable bonds is 1. The first-order chi connectivity index (χ1) is 8.77. The second kappa shape index (κ2) is 4.58. The monoisotopic (exact) mass is 418 g/mol. The van der Waals surface area contributed by atoms with Gasteiger partial charge in [-0.1, -0.05) is 0 Å². The van der Waals surface area contributed by atoms with Crippen molar-refractivity contribution < 1.29 is 25.5 Å². The molecule has 0 aliphatic carbocycles. The summed E-state index contributed by atoms with van der Waals surface area (Å²) >= 11 is 2.26. The van der Waals surface area contributed by atoms with Gasteiger partial charge in [-0.05, 0) is 0 Å². The van der Waals surface area contributed by atoms with Crippen LogP contribution < -0.4 is 9.21 Å². The van der Waals surface area contributed by atoms with E-state index in [1.807, 2.05) is 48.5 Å². The van der Waals surface area contributed by atoms with E-state index >= 15 is 0 Å². The first-order valence-electron chi connectivity index (χ1n) is 5.50. The zero-order valence-electron chi connectivity index (χ0n) is 9.31. The summed E-state index contributed by atoms with van der Waals surface area (Å²) in [5.41, 5.74) is 1.55. The third-order valence-corrected chi connectivity index (χ3v) is 3.73. The van der Waals surface area contributed by atoms with Gasteiger partial charge in [-0.2, -0.15) is 0 Å². The molecule has 0 radical (unpaired) electrons. The summed E-state index contributed by atoms with van der Waals surface area (Å²) in [7, 11) is 0. The summed E-state index contributed by atoms with van der Waals surface area (Å²) in [6.45, 7) is 0. The zero-order valence-corrected chi connectivity index (χ0v) is 11.5. The summed E-state index contributed by atoms with van der Waals surface area (Å²) in [6, 6.07) is 17.0. The maximum atomic E-state index is 12.2. The summed E-state index contributed by atoms with van der Waals surface area (Å²) in [6.07, 6.45) is 0. The van der Waals surface area contributed by atoms with E-state index in [-0.39, 0.29) is 5.43 Å². The predicted octanol–water partition coefficient (Wildman–Crippen LogP) is 2.63. The molecule has 0 amide bonds.